The molecule has 2 rings (SSSR count). The summed E-state index contributed by atoms with van der Waals surface area (Å²) in [4.78, 5) is 0. The molecule has 2 atom stereocenters. The van der Waals surface area contributed by atoms with E-state index in [0.29, 0.717) is 0 Å². The van der Waals surface area contributed by atoms with Gasteiger partial charge in [0.1, 0.15) is 0 Å². The van der Waals surface area contributed by atoms with Crippen LogP contribution in [0.3, 0.4) is 0 Å². The lowest BCUT2D eigenvalue weighted by molar-refractivity contribution is 0.116. The van der Waals surface area contributed by atoms with Crippen molar-refractivity contribution >= 4 is 5.69 Å². The van der Waals surface area contributed by atoms with Crippen LogP contribution in [-0.4, -0.2) is 17.3 Å². The van der Waals surface area contributed by atoms with Crippen molar-refractivity contribution in [1.82, 2.24) is 0 Å². The Labute approximate surface area is 110 Å². The summed E-state index contributed by atoms with van der Waals surface area (Å²) < 4.78 is 0. The first-order valence-electron chi connectivity index (χ1n) is 7.33. The molecule has 1 aromatic carbocycles. The lowest BCUT2D eigenvalue weighted by Crippen LogP contribution is -2.36. The van der Waals surface area contributed by atoms with Gasteiger partial charge in [0.2, 0.25) is 0 Å². The largest absolute Gasteiger partial charge is 0.391 e. The van der Waals surface area contributed by atoms with Crippen LogP contribution >= 0.6 is 0 Å². The van der Waals surface area contributed by atoms with E-state index in [0.717, 1.165) is 24.9 Å². The highest BCUT2D eigenvalue weighted by Crippen LogP contribution is 2.22. The first-order valence-corrected chi connectivity index (χ1v) is 7.33. The Balaban J connectivity index is 1.89. The van der Waals surface area contributed by atoms with E-state index in [9.17, 15) is 5.11 Å². The van der Waals surface area contributed by atoms with Gasteiger partial charge in [-0.3, -0.25) is 0 Å². The summed E-state index contributed by atoms with van der Waals surface area (Å²) in [5.74, 6) is 0. The molecular formula is C16H25NO. The molecule has 0 amide bonds. The minimum atomic E-state index is -0.182. The van der Waals surface area contributed by atoms with E-state index in [4.69, 9.17) is 0 Å². The van der Waals surface area contributed by atoms with Crippen LogP contribution in [-0.2, 0) is 6.42 Å². The normalized spacial score (nSPS) is 23.9. The molecule has 0 saturated heterocycles. The van der Waals surface area contributed by atoms with Gasteiger partial charge in [-0.25, -0.2) is 0 Å². The maximum atomic E-state index is 9.94. The minimum Gasteiger partial charge on any atom is -0.391 e. The molecule has 1 aliphatic rings. The van der Waals surface area contributed by atoms with Crippen LogP contribution < -0.4 is 5.32 Å². The Bertz CT molecular complexity index is 347. The van der Waals surface area contributed by atoms with Crippen molar-refractivity contribution in [2.24, 2.45) is 0 Å². The van der Waals surface area contributed by atoms with Crippen LogP contribution in [0, 0.1) is 0 Å². The summed E-state index contributed by atoms with van der Waals surface area (Å²) in [5.41, 5.74) is 2.55. The van der Waals surface area contributed by atoms with Crippen molar-refractivity contribution in [2.45, 2.75) is 64.0 Å². The fourth-order valence-electron chi connectivity index (χ4n) is 2.64. The van der Waals surface area contributed by atoms with Crippen molar-refractivity contribution in [3.8, 4) is 0 Å². The number of aryl methyl sites for hydroxylation is 1. The second-order valence-electron chi connectivity index (χ2n) is 5.40. The first-order chi connectivity index (χ1) is 8.79. The van der Waals surface area contributed by atoms with E-state index >= 15 is 0 Å². The summed E-state index contributed by atoms with van der Waals surface area (Å²) in [6.07, 6.45) is 7.90. The van der Waals surface area contributed by atoms with Gasteiger partial charge in [0.15, 0.2) is 0 Å². The minimum absolute atomic E-state index is 0.182. The number of hydrogen-bond donors (Lipinski definition) is 2. The molecule has 0 spiro atoms. The number of benzene rings is 1. The lowest BCUT2D eigenvalue weighted by Gasteiger charge is -2.29. The summed E-state index contributed by atoms with van der Waals surface area (Å²) in [6.45, 7) is 2.22. The highest BCUT2D eigenvalue weighted by molar-refractivity contribution is 5.45. The molecule has 2 heteroatoms. The molecule has 0 aliphatic heterocycles. The first kappa shape index (κ1) is 13.4. The SMILES string of the molecule is CCCCc1ccc(N[C@@H]2CCCC[C@H]2O)cc1. The number of rotatable bonds is 5. The van der Waals surface area contributed by atoms with Crippen LogP contribution in [0.2, 0.25) is 0 Å². The average Bonchev–Trinajstić information content (AvgIpc) is 2.41. The second-order valence-corrected chi connectivity index (χ2v) is 5.40. The van der Waals surface area contributed by atoms with Crippen LogP contribution in [0.25, 0.3) is 0 Å². The van der Waals surface area contributed by atoms with E-state index in [1.165, 1.54) is 31.2 Å². The Kier molecular flexibility index (Phi) is 5.06. The van der Waals surface area contributed by atoms with Gasteiger partial charge >= 0.3 is 0 Å². The highest BCUT2D eigenvalue weighted by atomic mass is 16.3. The zero-order valence-electron chi connectivity index (χ0n) is 11.4. The number of aliphatic hydroxyl groups excluding tert-OH is 1. The summed E-state index contributed by atoms with van der Waals surface area (Å²) >= 11 is 0. The fourth-order valence-corrected chi connectivity index (χ4v) is 2.64. The molecule has 2 N–H and O–H groups in total. The van der Waals surface area contributed by atoms with Crippen LogP contribution in [0.4, 0.5) is 5.69 Å². The third-order valence-electron chi connectivity index (χ3n) is 3.85. The van der Waals surface area contributed by atoms with Crippen molar-refractivity contribution in [3.63, 3.8) is 0 Å². The lowest BCUT2D eigenvalue weighted by atomic mass is 9.92. The number of hydrogen-bond acceptors (Lipinski definition) is 2. The van der Waals surface area contributed by atoms with Gasteiger partial charge in [-0.2, -0.15) is 0 Å². The zero-order chi connectivity index (χ0) is 12.8. The predicted molar refractivity (Wildman–Crippen MR) is 76.9 cm³/mol. The molecule has 18 heavy (non-hydrogen) atoms. The highest BCUT2D eigenvalue weighted by Gasteiger charge is 2.22. The maximum absolute atomic E-state index is 9.94. The molecular weight excluding hydrogens is 222 g/mol. The predicted octanol–water partition coefficient (Wildman–Crippen LogP) is 3.74. The molecule has 1 aliphatic carbocycles. The van der Waals surface area contributed by atoms with Gasteiger partial charge in [-0.1, -0.05) is 38.3 Å². The van der Waals surface area contributed by atoms with Crippen molar-refractivity contribution in [3.05, 3.63) is 29.8 Å². The average molecular weight is 247 g/mol. The number of unbranched alkanes of at least 4 members (excludes halogenated alkanes) is 1. The van der Waals surface area contributed by atoms with Crippen LogP contribution in [0.1, 0.15) is 51.0 Å². The molecule has 2 nitrogen and oxygen atoms in total. The summed E-state index contributed by atoms with van der Waals surface area (Å²) in [5, 5.41) is 13.4. The number of aliphatic hydroxyl groups is 1. The molecule has 0 bridgehead atoms. The van der Waals surface area contributed by atoms with E-state index in [1.54, 1.807) is 0 Å². The van der Waals surface area contributed by atoms with E-state index in [1.807, 2.05) is 0 Å². The monoisotopic (exact) mass is 247 g/mol. The van der Waals surface area contributed by atoms with Crippen LogP contribution in [0.15, 0.2) is 24.3 Å². The molecule has 1 aromatic rings. The molecule has 0 heterocycles. The van der Waals surface area contributed by atoms with Gasteiger partial charge in [0, 0.05) is 5.69 Å². The molecule has 0 aromatic heterocycles. The van der Waals surface area contributed by atoms with Crippen molar-refractivity contribution < 1.29 is 5.11 Å². The Morgan fingerprint density at radius 3 is 2.56 bits per heavy atom. The smallest absolute Gasteiger partial charge is 0.0741 e. The van der Waals surface area contributed by atoms with Gasteiger partial charge in [0.25, 0.3) is 0 Å². The van der Waals surface area contributed by atoms with Gasteiger partial charge in [0.05, 0.1) is 12.1 Å². The number of anilines is 1. The van der Waals surface area contributed by atoms with E-state index in [2.05, 4.69) is 36.5 Å². The van der Waals surface area contributed by atoms with Gasteiger partial charge in [-0.05, 0) is 43.4 Å². The van der Waals surface area contributed by atoms with E-state index < -0.39 is 0 Å². The molecule has 1 fully saturated rings. The zero-order valence-corrected chi connectivity index (χ0v) is 11.4. The molecule has 1 saturated carbocycles. The topological polar surface area (TPSA) is 32.3 Å². The molecule has 0 unspecified atom stereocenters. The maximum Gasteiger partial charge on any atom is 0.0741 e. The Morgan fingerprint density at radius 2 is 1.89 bits per heavy atom. The Morgan fingerprint density at radius 1 is 1.17 bits per heavy atom. The molecule has 0 radical (unpaired) electrons. The Hall–Kier alpha value is -1.02. The fraction of sp³-hybridized carbons (Fsp3) is 0.625. The van der Waals surface area contributed by atoms with E-state index in [-0.39, 0.29) is 12.1 Å². The van der Waals surface area contributed by atoms with Crippen molar-refractivity contribution in [1.29, 1.82) is 0 Å². The third kappa shape index (κ3) is 3.74. The quantitative estimate of drug-likeness (QED) is 0.830. The second kappa shape index (κ2) is 6.79. The van der Waals surface area contributed by atoms with Crippen LogP contribution in [0.5, 0.6) is 0 Å². The standard InChI is InChI=1S/C16H25NO/c1-2-3-6-13-9-11-14(12-10-13)17-15-7-4-5-8-16(15)18/h9-12,15-18H,2-8H2,1H3/t15-,16-/m1/s1. The molecule has 100 valence electrons. The summed E-state index contributed by atoms with van der Waals surface area (Å²) in [6, 6.07) is 8.93. The van der Waals surface area contributed by atoms with Crippen molar-refractivity contribution in [2.75, 3.05) is 5.32 Å². The van der Waals surface area contributed by atoms with Gasteiger partial charge in [-0.15, -0.1) is 0 Å². The third-order valence-corrected chi connectivity index (χ3v) is 3.85. The summed E-state index contributed by atoms with van der Waals surface area (Å²) in [7, 11) is 0. The van der Waals surface area contributed by atoms with Gasteiger partial charge < -0.3 is 10.4 Å². The number of nitrogens with one attached hydrogen (secondary N) is 1.